The van der Waals surface area contributed by atoms with E-state index in [2.05, 4.69) is 28.8 Å². The zero-order valence-electron chi connectivity index (χ0n) is 14.4. The first kappa shape index (κ1) is 16.9. The molecule has 130 valence electrons. The lowest BCUT2D eigenvalue weighted by molar-refractivity contribution is -0.0612. The summed E-state index contributed by atoms with van der Waals surface area (Å²) in [5.74, 6) is 0.201. The third-order valence-corrected chi connectivity index (χ3v) is 3.97. The standard InChI is InChI=1S/C17H24N4O3/c1-12(2)9-20-6-7-23-14(10-20)11-24-17(22)15-8-18-21-5-4-13(3)19-16(15)21/h4-5,8,12,14H,6-7,9-11H2,1-3H3/t14-/m0/s1. The van der Waals surface area contributed by atoms with Gasteiger partial charge in [-0.15, -0.1) is 0 Å². The van der Waals surface area contributed by atoms with Crippen molar-refractivity contribution in [1.29, 1.82) is 0 Å². The van der Waals surface area contributed by atoms with Gasteiger partial charge in [-0.3, -0.25) is 4.90 Å². The molecule has 7 heteroatoms. The molecule has 1 aliphatic rings. The average Bonchev–Trinajstić information content (AvgIpc) is 2.95. The van der Waals surface area contributed by atoms with Crippen LogP contribution in [0.3, 0.4) is 0 Å². The van der Waals surface area contributed by atoms with Crippen LogP contribution in [0.2, 0.25) is 0 Å². The van der Waals surface area contributed by atoms with Crippen molar-refractivity contribution in [3.63, 3.8) is 0 Å². The van der Waals surface area contributed by atoms with Crippen LogP contribution in [0.15, 0.2) is 18.5 Å². The Labute approximate surface area is 141 Å². The van der Waals surface area contributed by atoms with E-state index in [1.165, 1.54) is 6.20 Å². The van der Waals surface area contributed by atoms with Crippen LogP contribution in [0.1, 0.15) is 29.9 Å². The Balaban J connectivity index is 1.59. The maximum Gasteiger partial charge on any atom is 0.343 e. The summed E-state index contributed by atoms with van der Waals surface area (Å²) in [7, 11) is 0. The highest BCUT2D eigenvalue weighted by Crippen LogP contribution is 2.12. The molecule has 0 bridgehead atoms. The van der Waals surface area contributed by atoms with Crippen molar-refractivity contribution in [2.75, 3.05) is 32.8 Å². The van der Waals surface area contributed by atoms with Crippen molar-refractivity contribution in [2.45, 2.75) is 26.9 Å². The van der Waals surface area contributed by atoms with Crippen LogP contribution in [0, 0.1) is 12.8 Å². The summed E-state index contributed by atoms with van der Waals surface area (Å²) in [4.78, 5) is 19.1. The topological polar surface area (TPSA) is 69.0 Å². The van der Waals surface area contributed by atoms with Crippen molar-refractivity contribution in [1.82, 2.24) is 19.5 Å². The highest BCUT2D eigenvalue weighted by molar-refractivity contribution is 5.95. The van der Waals surface area contributed by atoms with Crippen molar-refractivity contribution in [3.8, 4) is 0 Å². The highest BCUT2D eigenvalue weighted by atomic mass is 16.6. The number of hydrogen-bond donors (Lipinski definition) is 0. The van der Waals surface area contributed by atoms with Crippen LogP contribution < -0.4 is 0 Å². The molecule has 0 unspecified atom stereocenters. The number of esters is 1. The van der Waals surface area contributed by atoms with Gasteiger partial charge in [-0.05, 0) is 18.9 Å². The lowest BCUT2D eigenvalue weighted by Gasteiger charge is -2.33. The molecule has 0 spiro atoms. The summed E-state index contributed by atoms with van der Waals surface area (Å²) in [6.07, 6.45) is 3.19. The van der Waals surface area contributed by atoms with E-state index in [1.54, 1.807) is 10.7 Å². The van der Waals surface area contributed by atoms with Gasteiger partial charge in [-0.25, -0.2) is 14.3 Å². The quantitative estimate of drug-likeness (QED) is 0.774. The Morgan fingerprint density at radius 3 is 3.12 bits per heavy atom. The minimum atomic E-state index is -0.410. The molecule has 0 N–H and O–H groups in total. The Hall–Kier alpha value is -1.99. The summed E-state index contributed by atoms with van der Waals surface area (Å²) in [6, 6.07) is 1.84. The zero-order valence-corrected chi connectivity index (χ0v) is 14.4. The Morgan fingerprint density at radius 2 is 2.33 bits per heavy atom. The SMILES string of the molecule is Cc1ccn2ncc(C(=O)OC[C@@H]3CN(CC(C)C)CCO3)c2n1. The van der Waals surface area contributed by atoms with E-state index in [9.17, 15) is 4.79 Å². The Morgan fingerprint density at radius 1 is 1.50 bits per heavy atom. The van der Waals surface area contributed by atoms with Crippen molar-refractivity contribution in [2.24, 2.45) is 5.92 Å². The van der Waals surface area contributed by atoms with Gasteiger partial charge in [0, 0.05) is 31.5 Å². The maximum absolute atomic E-state index is 12.3. The molecule has 1 aliphatic heterocycles. The summed E-state index contributed by atoms with van der Waals surface area (Å²) >= 11 is 0. The second kappa shape index (κ2) is 7.27. The number of carbonyl (C=O) groups is 1. The predicted molar refractivity (Wildman–Crippen MR) is 89.0 cm³/mol. The largest absolute Gasteiger partial charge is 0.459 e. The molecule has 7 nitrogen and oxygen atoms in total. The molecule has 0 aliphatic carbocycles. The molecule has 24 heavy (non-hydrogen) atoms. The second-order valence-corrected chi connectivity index (χ2v) is 6.64. The molecule has 0 saturated carbocycles. The van der Waals surface area contributed by atoms with Crippen LogP contribution in [-0.2, 0) is 9.47 Å². The normalized spacial score (nSPS) is 19.1. The van der Waals surface area contributed by atoms with Gasteiger partial charge in [0.1, 0.15) is 18.3 Å². The number of ether oxygens (including phenoxy) is 2. The third kappa shape index (κ3) is 3.91. The van der Waals surface area contributed by atoms with E-state index in [4.69, 9.17) is 9.47 Å². The Kier molecular flexibility index (Phi) is 5.11. The molecule has 1 atom stereocenters. The number of nitrogens with zero attached hydrogens (tertiary/aromatic N) is 4. The van der Waals surface area contributed by atoms with E-state index in [0.717, 1.165) is 25.3 Å². The summed E-state index contributed by atoms with van der Waals surface area (Å²) in [5.41, 5.74) is 1.73. The summed E-state index contributed by atoms with van der Waals surface area (Å²) in [6.45, 7) is 9.95. The van der Waals surface area contributed by atoms with Crippen molar-refractivity contribution in [3.05, 3.63) is 29.7 Å². The number of hydrogen-bond acceptors (Lipinski definition) is 6. The number of carbonyl (C=O) groups excluding carboxylic acids is 1. The van der Waals surface area contributed by atoms with Crippen LogP contribution in [-0.4, -0.2) is 64.4 Å². The fourth-order valence-corrected chi connectivity index (χ4v) is 2.91. The first-order chi connectivity index (χ1) is 11.5. The van der Waals surface area contributed by atoms with Crippen LogP contribution in [0.5, 0.6) is 0 Å². The fourth-order valence-electron chi connectivity index (χ4n) is 2.91. The minimum Gasteiger partial charge on any atom is -0.459 e. The average molecular weight is 332 g/mol. The van der Waals surface area contributed by atoms with Crippen LogP contribution in [0.4, 0.5) is 0 Å². The molecular formula is C17H24N4O3. The molecule has 0 amide bonds. The lowest BCUT2D eigenvalue weighted by atomic mass is 10.2. The van der Waals surface area contributed by atoms with E-state index in [-0.39, 0.29) is 12.7 Å². The Bertz CT molecular complexity index is 713. The molecule has 0 aromatic carbocycles. The molecular weight excluding hydrogens is 308 g/mol. The van der Waals surface area contributed by atoms with Gasteiger partial charge in [-0.1, -0.05) is 13.8 Å². The van der Waals surface area contributed by atoms with Crippen molar-refractivity contribution < 1.29 is 14.3 Å². The monoisotopic (exact) mass is 332 g/mol. The van der Waals surface area contributed by atoms with Gasteiger partial charge < -0.3 is 9.47 Å². The maximum atomic E-state index is 12.3. The predicted octanol–water partition coefficient (Wildman–Crippen LogP) is 1.55. The molecule has 0 radical (unpaired) electrons. The highest BCUT2D eigenvalue weighted by Gasteiger charge is 2.23. The van der Waals surface area contributed by atoms with Crippen LogP contribution >= 0.6 is 0 Å². The van der Waals surface area contributed by atoms with Gasteiger partial charge in [0.05, 0.1) is 12.8 Å². The molecule has 2 aromatic heterocycles. The summed E-state index contributed by atoms with van der Waals surface area (Å²) < 4.78 is 12.7. The van der Waals surface area contributed by atoms with Crippen molar-refractivity contribution >= 4 is 11.6 Å². The molecule has 3 heterocycles. The molecule has 2 aromatic rings. The number of rotatable bonds is 5. The second-order valence-electron chi connectivity index (χ2n) is 6.64. The number of aryl methyl sites for hydroxylation is 1. The first-order valence-corrected chi connectivity index (χ1v) is 8.35. The van der Waals surface area contributed by atoms with Gasteiger partial charge in [0.15, 0.2) is 5.65 Å². The molecule has 1 fully saturated rings. The molecule has 3 rings (SSSR count). The number of morpholine rings is 1. The minimum absolute atomic E-state index is 0.0852. The van der Waals surface area contributed by atoms with E-state index >= 15 is 0 Å². The van der Waals surface area contributed by atoms with Gasteiger partial charge in [0.2, 0.25) is 0 Å². The van der Waals surface area contributed by atoms with Gasteiger partial charge >= 0.3 is 5.97 Å². The fraction of sp³-hybridized carbons (Fsp3) is 0.588. The van der Waals surface area contributed by atoms with E-state index in [1.807, 2.05) is 13.0 Å². The number of fused-ring (bicyclic) bond motifs is 1. The summed E-state index contributed by atoms with van der Waals surface area (Å²) in [5, 5.41) is 4.13. The van der Waals surface area contributed by atoms with Crippen LogP contribution in [0.25, 0.3) is 5.65 Å². The third-order valence-electron chi connectivity index (χ3n) is 3.97. The van der Waals surface area contributed by atoms with E-state index < -0.39 is 5.97 Å². The van der Waals surface area contributed by atoms with Gasteiger partial charge in [0.25, 0.3) is 0 Å². The zero-order chi connectivity index (χ0) is 17.1. The first-order valence-electron chi connectivity index (χ1n) is 8.35. The van der Waals surface area contributed by atoms with Gasteiger partial charge in [-0.2, -0.15) is 5.10 Å². The lowest BCUT2D eigenvalue weighted by Crippen LogP contribution is -2.45. The smallest absolute Gasteiger partial charge is 0.343 e. The molecule has 1 saturated heterocycles. The number of aromatic nitrogens is 3. The van der Waals surface area contributed by atoms with E-state index in [0.29, 0.717) is 23.7 Å².